The van der Waals surface area contributed by atoms with E-state index in [9.17, 15) is 9.59 Å². The standard InChI is InChI=1S/C16H16ClNO5/c1-9(14(22-2)10-3-5-12(17)6-4-10)18-15(19)13-7-11(8-23-13)16(20)21/h3-9,14H,1-2H3,(H,18,19)(H,20,21). The number of aromatic carboxylic acids is 1. The SMILES string of the molecule is COC(c1ccc(Cl)cc1)C(C)NC(=O)c1cc(C(=O)O)co1. The lowest BCUT2D eigenvalue weighted by molar-refractivity contribution is 0.0631. The predicted octanol–water partition coefficient (Wildman–Crippen LogP) is 3.14. The largest absolute Gasteiger partial charge is 0.478 e. The van der Waals surface area contributed by atoms with E-state index in [0.29, 0.717) is 5.02 Å². The molecular formula is C16H16ClNO5. The van der Waals surface area contributed by atoms with Gasteiger partial charge in [0.25, 0.3) is 5.91 Å². The van der Waals surface area contributed by atoms with Crippen LogP contribution in [0.5, 0.6) is 0 Å². The van der Waals surface area contributed by atoms with Gasteiger partial charge in [0, 0.05) is 18.2 Å². The number of halogens is 1. The highest BCUT2D eigenvalue weighted by atomic mass is 35.5. The molecule has 122 valence electrons. The van der Waals surface area contributed by atoms with Crippen LogP contribution >= 0.6 is 11.6 Å². The van der Waals surface area contributed by atoms with Gasteiger partial charge in [-0.05, 0) is 24.6 Å². The molecule has 0 fully saturated rings. The lowest BCUT2D eigenvalue weighted by atomic mass is 10.0. The smallest absolute Gasteiger partial charge is 0.338 e. The van der Waals surface area contributed by atoms with Gasteiger partial charge in [0.15, 0.2) is 5.76 Å². The number of methoxy groups -OCH3 is 1. The topological polar surface area (TPSA) is 88.8 Å². The molecule has 0 radical (unpaired) electrons. The molecule has 1 aromatic heterocycles. The second-order valence-corrected chi connectivity index (χ2v) is 5.41. The molecule has 0 bridgehead atoms. The van der Waals surface area contributed by atoms with Crippen molar-refractivity contribution in [2.24, 2.45) is 0 Å². The number of rotatable bonds is 6. The van der Waals surface area contributed by atoms with Gasteiger partial charge in [-0.25, -0.2) is 4.79 Å². The molecule has 0 aliphatic carbocycles. The Kier molecular flexibility index (Phi) is 5.41. The Bertz CT molecular complexity index is 695. The quantitative estimate of drug-likeness (QED) is 0.845. The summed E-state index contributed by atoms with van der Waals surface area (Å²) in [6.45, 7) is 1.78. The Morgan fingerprint density at radius 1 is 1.30 bits per heavy atom. The van der Waals surface area contributed by atoms with E-state index in [-0.39, 0.29) is 23.5 Å². The van der Waals surface area contributed by atoms with Crippen LogP contribution in [0.3, 0.4) is 0 Å². The number of amides is 1. The summed E-state index contributed by atoms with van der Waals surface area (Å²) >= 11 is 5.86. The lowest BCUT2D eigenvalue weighted by Gasteiger charge is -2.23. The number of furan rings is 1. The molecule has 2 N–H and O–H groups in total. The van der Waals surface area contributed by atoms with Crippen molar-refractivity contribution >= 4 is 23.5 Å². The van der Waals surface area contributed by atoms with Gasteiger partial charge in [0.1, 0.15) is 12.4 Å². The van der Waals surface area contributed by atoms with E-state index in [4.69, 9.17) is 25.9 Å². The molecule has 0 spiro atoms. The summed E-state index contributed by atoms with van der Waals surface area (Å²) in [6.07, 6.45) is 0.639. The van der Waals surface area contributed by atoms with Crippen molar-refractivity contribution in [2.45, 2.75) is 19.1 Å². The third kappa shape index (κ3) is 4.12. The van der Waals surface area contributed by atoms with Gasteiger partial charge in [-0.3, -0.25) is 4.79 Å². The Morgan fingerprint density at radius 2 is 1.96 bits per heavy atom. The number of carboxylic acid groups (broad SMARTS) is 1. The Morgan fingerprint density at radius 3 is 2.48 bits per heavy atom. The van der Waals surface area contributed by atoms with Gasteiger partial charge in [-0.15, -0.1) is 0 Å². The van der Waals surface area contributed by atoms with Crippen LogP contribution < -0.4 is 5.32 Å². The molecule has 2 aromatic rings. The van der Waals surface area contributed by atoms with Gasteiger partial charge >= 0.3 is 5.97 Å². The highest BCUT2D eigenvalue weighted by molar-refractivity contribution is 6.30. The van der Waals surface area contributed by atoms with E-state index in [2.05, 4.69) is 5.32 Å². The van der Waals surface area contributed by atoms with Crippen molar-refractivity contribution < 1.29 is 23.8 Å². The van der Waals surface area contributed by atoms with E-state index < -0.39 is 11.9 Å². The summed E-state index contributed by atoms with van der Waals surface area (Å²) in [5, 5.41) is 12.2. The molecule has 1 amide bonds. The molecule has 0 aliphatic rings. The maximum Gasteiger partial charge on any atom is 0.338 e. The van der Waals surface area contributed by atoms with E-state index in [1.807, 2.05) is 12.1 Å². The number of carboxylic acids is 1. The molecular weight excluding hydrogens is 322 g/mol. The third-order valence-electron chi connectivity index (χ3n) is 3.34. The number of carbonyl (C=O) groups excluding carboxylic acids is 1. The van der Waals surface area contributed by atoms with Crippen LogP contribution in [0, 0.1) is 0 Å². The van der Waals surface area contributed by atoms with E-state index in [1.54, 1.807) is 19.1 Å². The summed E-state index contributed by atoms with van der Waals surface area (Å²) < 4.78 is 10.4. The zero-order valence-corrected chi connectivity index (χ0v) is 13.3. The molecule has 2 rings (SSSR count). The molecule has 1 aromatic carbocycles. The molecule has 0 aliphatic heterocycles. The Balaban J connectivity index is 2.08. The predicted molar refractivity (Wildman–Crippen MR) is 83.8 cm³/mol. The Labute approximate surface area is 138 Å². The van der Waals surface area contributed by atoms with Crippen LogP contribution in [-0.2, 0) is 4.74 Å². The van der Waals surface area contributed by atoms with Gasteiger partial charge in [0.05, 0.1) is 11.6 Å². The molecule has 1 heterocycles. The first kappa shape index (κ1) is 17.1. The van der Waals surface area contributed by atoms with Gasteiger partial charge in [-0.1, -0.05) is 23.7 Å². The van der Waals surface area contributed by atoms with Crippen molar-refractivity contribution in [3.05, 3.63) is 58.5 Å². The van der Waals surface area contributed by atoms with Crippen LogP contribution in [0.4, 0.5) is 0 Å². The van der Waals surface area contributed by atoms with Crippen molar-refractivity contribution in [3.8, 4) is 0 Å². The average molecular weight is 338 g/mol. The number of hydrogen-bond donors (Lipinski definition) is 2. The highest BCUT2D eigenvalue weighted by Gasteiger charge is 2.23. The number of carbonyl (C=O) groups is 2. The van der Waals surface area contributed by atoms with Crippen molar-refractivity contribution in [1.82, 2.24) is 5.32 Å². The summed E-state index contributed by atoms with van der Waals surface area (Å²) in [6, 6.07) is 7.91. The molecule has 0 saturated heterocycles. The first-order valence-electron chi connectivity index (χ1n) is 6.83. The van der Waals surface area contributed by atoms with Gasteiger partial charge in [0.2, 0.25) is 0 Å². The minimum atomic E-state index is -1.16. The summed E-state index contributed by atoms with van der Waals surface area (Å²) in [4.78, 5) is 22.9. The van der Waals surface area contributed by atoms with E-state index in [0.717, 1.165) is 11.8 Å². The molecule has 2 atom stereocenters. The second-order valence-electron chi connectivity index (χ2n) is 4.97. The normalized spacial score (nSPS) is 13.3. The fourth-order valence-electron chi connectivity index (χ4n) is 2.20. The summed E-state index contributed by atoms with van der Waals surface area (Å²) in [7, 11) is 1.54. The lowest BCUT2D eigenvalue weighted by Crippen LogP contribution is -2.37. The van der Waals surface area contributed by atoms with Crippen LogP contribution in [0.15, 0.2) is 41.0 Å². The van der Waals surface area contributed by atoms with Crippen LogP contribution in [0.1, 0.15) is 39.5 Å². The molecule has 0 saturated carbocycles. The number of ether oxygens (including phenoxy) is 1. The monoisotopic (exact) mass is 337 g/mol. The second kappa shape index (κ2) is 7.30. The zero-order chi connectivity index (χ0) is 17.0. The number of benzene rings is 1. The van der Waals surface area contributed by atoms with E-state index in [1.165, 1.54) is 13.2 Å². The zero-order valence-electron chi connectivity index (χ0n) is 12.6. The van der Waals surface area contributed by atoms with E-state index >= 15 is 0 Å². The number of hydrogen-bond acceptors (Lipinski definition) is 4. The van der Waals surface area contributed by atoms with Gasteiger partial charge < -0.3 is 19.6 Å². The minimum Gasteiger partial charge on any atom is -0.478 e. The highest BCUT2D eigenvalue weighted by Crippen LogP contribution is 2.23. The molecule has 7 heteroatoms. The number of nitrogens with one attached hydrogen (secondary N) is 1. The average Bonchev–Trinajstić information content (AvgIpc) is 3.00. The van der Waals surface area contributed by atoms with Gasteiger partial charge in [-0.2, -0.15) is 0 Å². The summed E-state index contributed by atoms with van der Waals surface area (Å²) in [5.41, 5.74) is 0.777. The fourth-order valence-corrected chi connectivity index (χ4v) is 2.33. The molecule has 2 unspecified atom stereocenters. The van der Waals surface area contributed by atoms with Crippen molar-refractivity contribution in [2.75, 3.05) is 7.11 Å². The van der Waals surface area contributed by atoms with Crippen LogP contribution in [-0.4, -0.2) is 30.1 Å². The molecule has 6 nitrogen and oxygen atoms in total. The minimum absolute atomic E-state index is 0.0693. The fraction of sp³-hybridized carbons (Fsp3) is 0.250. The van der Waals surface area contributed by atoms with Crippen LogP contribution in [0.2, 0.25) is 5.02 Å². The first-order chi connectivity index (χ1) is 10.9. The third-order valence-corrected chi connectivity index (χ3v) is 3.59. The van der Waals surface area contributed by atoms with Crippen LogP contribution in [0.25, 0.3) is 0 Å². The maximum absolute atomic E-state index is 12.1. The Hall–Kier alpha value is -2.31. The van der Waals surface area contributed by atoms with Crippen molar-refractivity contribution in [3.63, 3.8) is 0 Å². The summed E-state index contributed by atoms with van der Waals surface area (Å²) in [5.74, 6) is -1.74. The molecule has 23 heavy (non-hydrogen) atoms. The maximum atomic E-state index is 12.1. The van der Waals surface area contributed by atoms with Crippen molar-refractivity contribution in [1.29, 1.82) is 0 Å². The first-order valence-corrected chi connectivity index (χ1v) is 7.21.